The van der Waals surface area contributed by atoms with E-state index in [4.69, 9.17) is 63.3 Å². The minimum atomic E-state index is 0.309. The normalized spacial score (nSPS) is 11.4. The summed E-state index contributed by atoms with van der Waals surface area (Å²) in [6.07, 6.45) is 15.6. The summed E-state index contributed by atoms with van der Waals surface area (Å²) < 4.78 is 65.4. The zero-order chi connectivity index (χ0) is 33.8. The van der Waals surface area contributed by atoms with Crippen molar-refractivity contribution in [1.82, 2.24) is 0 Å². The van der Waals surface area contributed by atoms with Gasteiger partial charge >= 0.3 is 0 Å². The van der Waals surface area contributed by atoms with Gasteiger partial charge in [0.15, 0.2) is 0 Å². The minimum Gasteiger partial charge on any atom is -0.379 e. The standard InChI is InChI=1S/C35H68O12/c1-3-5-6-7-8-9-10-11-13-37-15-17-39-19-21-41-23-25-43-27-29-45-31-33-47-35-34-46-32-30-44-28-26-42-24-22-40-20-18-38-16-14-36-12-4-2/h2H,3,5-35H2,1H3. The molecule has 280 valence electrons. The Balaban J connectivity index is 3.04. The van der Waals surface area contributed by atoms with Crippen molar-refractivity contribution in [1.29, 1.82) is 0 Å². The largest absolute Gasteiger partial charge is 0.379 e. The smallest absolute Gasteiger partial charge is 0.107 e. The van der Waals surface area contributed by atoms with Crippen molar-refractivity contribution in [2.45, 2.75) is 58.3 Å². The molecule has 0 heterocycles. The molecule has 0 saturated heterocycles. The molecular formula is C35H68O12. The molecule has 0 N–H and O–H groups in total. The van der Waals surface area contributed by atoms with Crippen LogP contribution in [0.25, 0.3) is 0 Å². The Morgan fingerprint density at radius 1 is 0.277 bits per heavy atom. The molecule has 0 saturated carbocycles. The lowest BCUT2D eigenvalue weighted by Crippen LogP contribution is -2.15. The van der Waals surface area contributed by atoms with E-state index in [-0.39, 0.29) is 0 Å². The predicted molar refractivity (Wildman–Crippen MR) is 181 cm³/mol. The van der Waals surface area contributed by atoms with Crippen molar-refractivity contribution >= 4 is 0 Å². The van der Waals surface area contributed by atoms with Crippen molar-refractivity contribution in [3.05, 3.63) is 0 Å². The maximum atomic E-state index is 5.62. The zero-order valence-corrected chi connectivity index (χ0v) is 29.6. The SMILES string of the molecule is C#CCOCCOCCOCCOCCOCCOCCOCCOCCOCCOCCOCCOCCCCCCCCCC. The third-order valence-corrected chi connectivity index (χ3v) is 6.42. The van der Waals surface area contributed by atoms with Crippen LogP contribution in [-0.4, -0.2) is 159 Å². The molecule has 0 atom stereocenters. The molecule has 0 aromatic carbocycles. The second-order valence-electron chi connectivity index (χ2n) is 10.5. The Bertz CT molecular complexity index is 593. The van der Waals surface area contributed by atoms with Crippen molar-refractivity contribution < 1.29 is 56.8 Å². The van der Waals surface area contributed by atoms with Gasteiger partial charge in [-0.05, 0) is 6.42 Å². The number of hydrogen-bond donors (Lipinski definition) is 0. The molecule has 0 unspecified atom stereocenters. The Hall–Kier alpha value is -0.920. The summed E-state index contributed by atoms with van der Waals surface area (Å²) in [6, 6.07) is 0. The lowest BCUT2D eigenvalue weighted by atomic mass is 10.1. The number of hydrogen-bond acceptors (Lipinski definition) is 12. The van der Waals surface area contributed by atoms with Crippen LogP contribution in [0, 0.1) is 12.3 Å². The van der Waals surface area contributed by atoms with E-state index in [0.29, 0.717) is 152 Å². The Morgan fingerprint density at radius 3 is 0.745 bits per heavy atom. The molecule has 0 aliphatic heterocycles. The molecule has 0 spiro atoms. The average Bonchev–Trinajstić information content (AvgIpc) is 3.08. The van der Waals surface area contributed by atoms with Crippen LogP contribution in [0.3, 0.4) is 0 Å². The highest BCUT2D eigenvalue weighted by Crippen LogP contribution is 2.08. The monoisotopic (exact) mass is 680 g/mol. The van der Waals surface area contributed by atoms with E-state index < -0.39 is 0 Å². The van der Waals surface area contributed by atoms with Crippen LogP contribution in [0.1, 0.15) is 58.3 Å². The van der Waals surface area contributed by atoms with E-state index in [1.54, 1.807) is 0 Å². The fraction of sp³-hybridized carbons (Fsp3) is 0.943. The van der Waals surface area contributed by atoms with Crippen LogP contribution >= 0.6 is 0 Å². The van der Waals surface area contributed by atoms with E-state index in [1.165, 1.54) is 44.9 Å². The van der Waals surface area contributed by atoms with Gasteiger partial charge in [-0.2, -0.15) is 0 Å². The Labute approximate surface area is 286 Å². The zero-order valence-electron chi connectivity index (χ0n) is 29.6. The molecule has 12 heteroatoms. The fourth-order valence-electron chi connectivity index (χ4n) is 3.89. The van der Waals surface area contributed by atoms with Crippen LogP contribution < -0.4 is 0 Å². The Morgan fingerprint density at radius 2 is 0.489 bits per heavy atom. The second kappa shape index (κ2) is 45.1. The van der Waals surface area contributed by atoms with Gasteiger partial charge in [0.05, 0.1) is 145 Å². The summed E-state index contributed by atoms with van der Waals surface area (Å²) >= 11 is 0. The lowest BCUT2D eigenvalue weighted by molar-refractivity contribution is -0.0281. The molecule has 0 radical (unpaired) electrons. The first-order valence-corrected chi connectivity index (χ1v) is 17.8. The maximum absolute atomic E-state index is 5.62. The van der Waals surface area contributed by atoms with Gasteiger partial charge in [-0.15, -0.1) is 6.42 Å². The highest BCUT2D eigenvalue weighted by Gasteiger charge is 1.97. The number of unbranched alkanes of at least 4 members (excludes halogenated alkanes) is 7. The number of ether oxygens (including phenoxy) is 12. The third kappa shape index (κ3) is 45.1. The molecule has 0 aromatic heterocycles. The molecule has 0 aliphatic rings. The van der Waals surface area contributed by atoms with Gasteiger partial charge in [-0.3, -0.25) is 0 Å². The van der Waals surface area contributed by atoms with Crippen molar-refractivity contribution in [2.24, 2.45) is 0 Å². The van der Waals surface area contributed by atoms with Gasteiger partial charge in [0.2, 0.25) is 0 Å². The summed E-state index contributed by atoms with van der Waals surface area (Å²) in [5.74, 6) is 2.40. The topological polar surface area (TPSA) is 111 Å². The van der Waals surface area contributed by atoms with Crippen molar-refractivity contribution in [2.75, 3.05) is 159 Å². The highest BCUT2D eigenvalue weighted by atomic mass is 16.6. The van der Waals surface area contributed by atoms with Crippen LogP contribution in [0.2, 0.25) is 0 Å². The van der Waals surface area contributed by atoms with Crippen LogP contribution in [-0.2, 0) is 56.8 Å². The van der Waals surface area contributed by atoms with Gasteiger partial charge in [-0.1, -0.05) is 57.8 Å². The number of rotatable bonds is 43. The van der Waals surface area contributed by atoms with E-state index >= 15 is 0 Å². The van der Waals surface area contributed by atoms with Gasteiger partial charge in [0.1, 0.15) is 6.61 Å². The molecule has 12 nitrogen and oxygen atoms in total. The Kier molecular flexibility index (Phi) is 44.2. The summed E-state index contributed by atoms with van der Waals surface area (Å²) in [4.78, 5) is 0. The average molecular weight is 681 g/mol. The van der Waals surface area contributed by atoms with Crippen LogP contribution in [0.4, 0.5) is 0 Å². The molecule has 0 amide bonds. The van der Waals surface area contributed by atoms with Crippen molar-refractivity contribution in [3.63, 3.8) is 0 Å². The first-order valence-electron chi connectivity index (χ1n) is 17.8. The fourth-order valence-corrected chi connectivity index (χ4v) is 3.89. The van der Waals surface area contributed by atoms with Gasteiger partial charge < -0.3 is 56.8 Å². The summed E-state index contributed by atoms with van der Waals surface area (Å²) in [6.45, 7) is 15.1. The molecule has 0 bridgehead atoms. The van der Waals surface area contributed by atoms with E-state index in [1.807, 2.05) is 0 Å². The first kappa shape index (κ1) is 46.1. The van der Waals surface area contributed by atoms with Gasteiger partial charge in [0.25, 0.3) is 0 Å². The number of terminal acetylenes is 1. The highest BCUT2D eigenvalue weighted by molar-refractivity contribution is 4.82. The van der Waals surface area contributed by atoms with Crippen LogP contribution in [0.15, 0.2) is 0 Å². The van der Waals surface area contributed by atoms with E-state index in [0.717, 1.165) is 13.0 Å². The van der Waals surface area contributed by atoms with Gasteiger partial charge in [-0.25, -0.2) is 0 Å². The quantitative estimate of drug-likeness (QED) is 0.0687. The van der Waals surface area contributed by atoms with Gasteiger partial charge in [0, 0.05) is 6.61 Å². The molecule has 0 fully saturated rings. The van der Waals surface area contributed by atoms with Crippen LogP contribution in [0.5, 0.6) is 0 Å². The summed E-state index contributed by atoms with van der Waals surface area (Å²) in [5.41, 5.74) is 0. The predicted octanol–water partition coefficient (Wildman–Crippen LogP) is 3.96. The molecule has 0 aliphatic carbocycles. The molecule has 0 rings (SSSR count). The first-order chi connectivity index (χ1) is 23.4. The third-order valence-electron chi connectivity index (χ3n) is 6.42. The summed E-state index contributed by atoms with van der Waals surface area (Å²) in [7, 11) is 0. The maximum Gasteiger partial charge on any atom is 0.107 e. The lowest BCUT2D eigenvalue weighted by Gasteiger charge is -2.09. The van der Waals surface area contributed by atoms with Crippen molar-refractivity contribution in [3.8, 4) is 12.3 Å². The molecular weight excluding hydrogens is 612 g/mol. The van der Waals surface area contributed by atoms with E-state index in [2.05, 4.69) is 12.8 Å². The molecule has 47 heavy (non-hydrogen) atoms. The molecule has 0 aromatic rings. The second-order valence-corrected chi connectivity index (χ2v) is 10.5. The van der Waals surface area contributed by atoms with E-state index in [9.17, 15) is 0 Å². The summed E-state index contributed by atoms with van der Waals surface area (Å²) in [5, 5.41) is 0. The minimum absolute atomic E-state index is 0.309.